The van der Waals surface area contributed by atoms with Crippen LogP contribution in [0.1, 0.15) is 38.5 Å². The number of hydrogen-bond acceptors (Lipinski definition) is 4. The van der Waals surface area contributed by atoms with Crippen molar-refractivity contribution >= 4 is 11.9 Å². The first-order valence-corrected chi connectivity index (χ1v) is 5.87. The maximum absolute atomic E-state index is 9.10. The normalized spacial score (nSPS) is 28.1. The van der Waals surface area contributed by atoms with Crippen molar-refractivity contribution in [2.24, 2.45) is 16.9 Å². The van der Waals surface area contributed by atoms with Crippen LogP contribution >= 0.6 is 0 Å². The third kappa shape index (κ3) is 3.77. The molecule has 0 bridgehead atoms. The van der Waals surface area contributed by atoms with Gasteiger partial charge in [-0.05, 0) is 25.7 Å². The Morgan fingerprint density at radius 3 is 1.44 bits per heavy atom. The van der Waals surface area contributed by atoms with Gasteiger partial charge in [0.2, 0.25) is 0 Å². The molecule has 0 aromatic carbocycles. The maximum Gasteiger partial charge on any atom is 0.414 e. The Bertz CT molecular complexity index is 281. The first-order chi connectivity index (χ1) is 7.90. The van der Waals surface area contributed by atoms with E-state index in [1.807, 2.05) is 0 Å². The summed E-state index contributed by atoms with van der Waals surface area (Å²) in [6.07, 6.45) is 7.58. The van der Waals surface area contributed by atoms with Gasteiger partial charge in [-0.15, -0.1) is 0 Å². The Balaban J connectivity index is 0.000000362. The van der Waals surface area contributed by atoms with E-state index in [4.69, 9.17) is 31.3 Å². The predicted molar refractivity (Wildman–Crippen MR) is 61.4 cm³/mol. The van der Waals surface area contributed by atoms with E-state index >= 15 is 0 Å². The van der Waals surface area contributed by atoms with Gasteiger partial charge in [0.1, 0.15) is 0 Å². The molecule has 18 heavy (non-hydrogen) atoms. The standard InChI is InChI=1S/C9H18N2.C2H2O4.Pt/c10-7-3-1-5-9(7)6-2-4-8(9)11;3-1(4)2(5)6;/h7-8H,1-6,10-11H2;(H,3,4)(H,5,6);/t7-,8-,9?;;/m0../s1. The molecule has 1 spiro atoms. The van der Waals surface area contributed by atoms with Crippen LogP contribution in [0.4, 0.5) is 0 Å². The zero-order valence-corrected chi connectivity index (χ0v) is 12.4. The molecule has 2 aliphatic rings. The van der Waals surface area contributed by atoms with E-state index in [1.165, 1.54) is 38.5 Å². The average Bonchev–Trinajstić information content (AvgIpc) is 2.78. The second-order valence-corrected chi connectivity index (χ2v) is 4.84. The van der Waals surface area contributed by atoms with Crippen molar-refractivity contribution in [1.29, 1.82) is 0 Å². The average molecular weight is 439 g/mol. The van der Waals surface area contributed by atoms with Gasteiger partial charge in [0, 0.05) is 38.6 Å². The third-order valence-electron chi connectivity index (χ3n) is 3.97. The van der Waals surface area contributed by atoms with Crippen LogP contribution < -0.4 is 11.5 Å². The smallest absolute Gasteiger partial charge is 0.414 e. The van der Waals surface area contributed by atoms with Crippen molar-refractivity contribution in [3.8, 4) is 0 Å². The molecule has 0 radical (unpaired) electrons. The molecule has 0 heterocycles. The summed E-state index contributed by atoms with van der Waals surface area (Å²) in [6, 6.07) is 0.806. The summed E-state index contributed by atoms with van der Waals surface area (Å²) >= 11 is 0. The zero-order chi connectivity index (χ0) is 13.1. The third-order valence-corrected chi connectivity index (χ3v) is 3.97. The van der Waals surface area contributed by atoms with Crippen LogP contribution in [0.5, 0.6) is 0 Å². The molecule has 2 rings (SSSR count). The topological polar surface area (TPSA) is 127 Å². The summed E-state index contributed by atoms with van der Waals surface area (Å²) in [5.74, 6) is -3.65. The number of carboxylic acids is 2. The Morgan fingerprint density at radius 2 is 1.28 bits per heavy atom. The second-order valence-electron chi connectivity index (χ2n) is 4.84. The van der Waals surface area contributed by atoms with E-state index in [9.17, 15) is 0 Å². The number of carboxylic acid groups (broad SMARTS) is 2. The van der Waals surface area contributed by atoms with Gasteiger partial charge < -0.3 is 21.7 Å². The molecule has 0 amide bonds. The van der Waals surface area contributed by atoms with Crippen molar-refractivity contribution in [2.45, 2.75) is 50.6 Å². The minimum Gasteiger partial charge on any atom is -0.473 e. The summed E-state index contributed by atoms with van der Waals surface area (Å²) in [5, 5.41) is 14.8. The van der Waals surface area contributed by atoms with Crippen LogP contribution in [0.25, 0.3) is 0 Å². The molecule has 2 saturated carbocycles. The molecule has 6 nitrogen and oxygen atoms in total. The van der Waals surface area contributed by atoms with E-state index in [2.05, 4.69) is 0 Å². The molecule has 2 atom stereocenters. The van der Waals surface area contributed by atoms with Gasteiger partial charge >= 0.3 is 11.9 Å². The number of carbonyl (C=O) groups is 2. The Hall–Kier alpha value is -0.452. The van der Waals surface area contributed by atoms with Crippen molar-refractivity contribution < 1.29 is 40.9 Å². The van der Waals surface area contributed by atoms with E-state index in [0.29, 0.717) is 17.5 Å². The quantitative estimate of drug-likeness (QED) is 0.398. The molecule has 2 aliphatic carbocycles. The Kier molecular flexibility index (Phi) is 7.03. The molecule has 0 aromatic heterocycles. The fraction of sp³-hybridized carbons (Fsp3) is 0.818. The largest absolute Gasteiger partial charge is 0.473 e. The van der Waals surface area contributed by atoms with Gasteiger partial charge in [-0.3, -0.25) is 0 Å². The first-order valence-electron chi connectivity index (χ1n) is 5.87. The molecule has 7 heteroatoms. The van der Waals surface area contributed by atoms with E-state index in [-0.39, 0.29) is 21.1 Å². The summed E-state index contributed by atoms with van der Waals surface area (Å²) in [6.45, 7) is 0. The summed E-state index contributed by atoms with van der Waals surface area (Å²) < 4.78 is 0. The van der Waals surface area contributed by atoms with Crippen LogP contribution in [0, 0.1) is 5.41 Å². The molecule has 108 valence electrons. The number of nitrogens with two attached hydrogens (primary N) is 2. The van der Waals surface area contributed by atoms with Crippen LogP contribution in [0.3, 0.4) is 0 Å². The van der Waals surface area contributed by atoms with Crippen molar-refractivity contribution in [1.82, 2.24) is 0 Å². The molecule has 0 saturated heterocycles. The van der Waals surface area contributed by atoms with E-state index in [0.717, 1.165) is 0 Å². The number of rotatable bonds is 0. The Labute approximate surface area is 120 Å². The molecule has 6 N–H and O–H groups in total. The van der Waals surface area contributed by atoms with Gasteiger partial charge in [-0.25, -0.2) is 9.59 Å². The molecular formula is C11H20N2O4Pt. The van der Waals surface area contributed by atoms with Gasteiger partial charge in [0.05, 0.1) is 0 Å². The first kappa shape index (κ1) is 17.5. The van der Waals surface area contributed by atoms with Crippen molar-refractivity contribution in [3.05, 3.63) is 0 Å². The minimum absolute atomic E-state index is 0. The number of hydrogen-bond donors (Lipinski definition) is 4. The van der Waals surface area contributed by atoms with E-state index in [1.54, 1.807) is 0 Å². The molecule has 0 aromatic rings. The van der Waals surface area contributed by atoms with E-state index < -0.39 is 11.9 Å². The van der Waals surface area contributed by atoms with Gasteiger partial charge in [0.15, 0.2) is 0 Å². The van der Waals surface area contributed by atoms with Crippen molar-refractivity contribution in [3.63, 3.8) is 0 Å². The van der Waals surface area contributed by atoms with Crippen LogP contribution in [-0.2, 0) is 30.7 Å². The number of aliphatic carboxylic acids is 2. The summed E-state index contributed by atoms with van der Waals surface area (Å²) in [5.41, 5.74) is 12.5. The maximum atomic E-state index is 9.10. The fourth-order valence-corrected chi connectivity index (χ4v) is 3.02. The summed E-state index contributed by atoms with van der Waals surface area (Å²) in [4.78, 5) is 18.2. The Morgan fingerprint density at radius 1 is 0.944 bits per heavy atom. The van der Waals surface area contributed by atoms with Gasteiger partial charge in [0.25, 0.3) is 0 Å². The molecule has 0 unspecified atom stereocenters. The zero-order valence-electron chi connectivity index (χ0n) is 10.1. The minimum atomic E-state index is -1.82. The van der Waals surface area contributed by atoms with Gasteiger partial charge in [-0.2, -0.15) is 0 Å². The second kappa shape index (κ2) is 7.21. The predicted octanol–water partition coefficient (Wildman–Crippen LogP) is 0.148. The van der Waals surface area contributed by atoms with Crippen LogP contribution in [0.15, 0.2) is 0 Å². The SMILES string of the molecule is N[C@H]1CCCC12CCC[C@@H]2N.O=C(O)C(=O)O.[Pt]. The van der Waals surface area contributed by atoms with Gasteiger partial charge in [-0.1, -0.05) is 12.8 Å². The molecule has 2 fully saturated rings. The fourth-order valence-electron chi connectivity index (χ4n) is 3.02. The van der Waals surface area contributed by atoms with Crippen LogP contribution in [-0.4, -0.2) is 34.2 Å². The summed E-state index contributed by atoms with van der Waals surface area (Å²) in [7, 11) is 0. The molecule has 0 aliphatic heterocycles. The monoisotopic (exact) mass is 439 g/mol. The van der Waals surface area contributed by atoms with Crippen LogP contribution in [0.2, 0.25) is 0 Å². The molecular weight excluding hydrogens is 419 g/mol. The van der Waals surface area contributed by atoms with Crippen molar-refractivity contribution in [2.75, 3.05) is 0 Å².